The fourth-order valence-electron chi connectivity index (χ4n) is 2.31. The van der Waals surface area contributed by atoms with Crippen LogP contribution in [0.15, 0.2) is 0 Å². The van der Waals surface area contributed by atoms with Crippen molar-refractivity contribution in [3.05, 3.63) is 0 Å². The molecule has 0 aromatic rings. The third-order valence-electron chi connectivity index (χ3n) is 2.86. The molecule has 12 heavy (non-hydrogen) atoms. The molecule has 0 amide bonds. The van der Waals surface area contributed by atoms with Gasteiger partial charge in [-0.15, -0.1) is 0 Å². The summed E-state index contributed by atoms with van der Waals surface area (Å²) in [5.41, 5.74) is 0. The zero-order chi connectivity index (χ0) is 8.97. The Morgan fingerprint density at radius 2 is 1.83 bits per heavy atom. The van der Waals surface area contributed by atoms with Crippen LogP contribution in [0.2, 0.25) is 0 Å². The van der Waals surface area contributed by atoms with E-state index in [-0.39, 0.29) is 0 Å². The maximum Gasteiger partial charge on any atom is 0.00220 e. The number of nitrogens with zero attached hydrogens (tertiary/aromatic N) is 1. The lowest BCUT2D eigenvalue weighted by Crippen LogP contribution is -2.35. The van der Waals surface area contributed by atoms with E-state index in [1.54, 1.807) is 0 Å². The second kappa shape index (κ2) is 4.83. The molecule has 0 aliphatic carbocycles. The highest BCUT2D eigenvalue weighted by Crippen LogP contribution is 2.26. The highest BCUT2D eigenvalue weighted by molar-refractivity contribution is 4.86. The molecule has 2 fully saturated rings. The summed E-state index contributed by atoms with van der Waals surface area (Å²) < 4.78 is 0. The number of fused-ring (bicyclic) bond motifs is 1. The molecule has 2 saturated heterocycles. The molecule has 0 aromatic heterocycles. The van der Waals surface area contributed by atoms with E-state index in [1.807, 2.05) is 13.8 Å². The van der Waals surface area contributed by atoms with Crippen molar-refractivity contribution in [3.8, 4) is 0 Å². The first-order chi connectivity index (χ1) is 5.86. The third-order valence-corrected chi connectivity index (χ3v) is 2.86. The van der Waals surface area contributed by atoms with Crippen LogP contribution in [-0.2, 0) is 0 Å². The summed E-state index contributed by atoms with van der Waals surface area (Å²) in [5.74, 6) is 1.96. The van der Waals surface area contributed by atoms with Gasteiger partial charge in [0, 0.05) is 13.1 Å². The lowest BCUT2D eigenvalue weighted by atomic mass is 9.90. The number of likely N-dealkylation sites (tertiary alicyclic amines) is 1. The van der Waals surface area contributed by atoms with Crippen LogP contribution in [0.1, 0.15) is 20.3 Å². The number of piperidine rings is 1. The first-order valence-electron chi connectivity index (χ1n) is 5.25. The van der Waals surface area contributed by atoms with Gasteiger partial charge in [0.1, 0.15) is 0 Å². The van der Waals surface area contributed by atoms with E-state index in [0.29, 0.717) is 0 Å². The highest BCUT2D eigenvalue weighted by atomic mass is 15.1. The summed E-state index contributed by atoms with van der Waals surface area (Å²) in [4.78, 5) is 2.46. The van der Waals surface area contributed by atoms with E-state index < -0.39 is 0 Å². The maximum absolute atomic E-state index is 3.45. The molecule has 72 valence electrons. The minimum Gasteiger partial charge on any atom is -0.316 e. The van der Waals surface area contributed by atoms with Gasteiger partial charge in [-0.3, -0.25) is 0 Å². The lowest BCUT2D eigenvalue weighted by molar-refractivity contribution is 0.318. The minimum absolute atomic E-state index is 0.957. The zero-order valence-electron chi connectivity index (χ0n) is 8.64. The van der Waals surface area contributed by atoms with Crippen molar-refractivity contribution < 1.29 is 0 Å². The Morgan fingerprint density at radius 1 is 1.17 bits per heavy atom. The number of nitrogens with one attached hydrogen (secondary N) is 1. The first kappa shape index (κ1) is 10.0. The number of hydrogen-bond acceptors (Lipinski definition) is 2. The Kier molecular flexibility index (Phi) is 4.02. The second-order valence-electron chi connectivity index (χ2n) is 3.73. The van der Waals surface area contributed by atoms with Gasteiger partial charge in [-0.05, 0) is 38.4 Å². The summed E-state index contributed by atoms with van der Waals surface area (Å²) in [6.45, 7) is 9.16. The largest absolute Gasteiger partial charge is 0.316 e. The van der Waals surface area contributed by atoms with Crippen LogP contribution in [0.5, 0.6) is 0 Å². The summed E-state index contributed by atoms with van der Waals surface area (Å²) >= 11 is 0. The van der Waals surface area contributed by atoms with Crippen LogP contribution < -0.4 is 5.32 Å². The topological polar surface area (TPSA) is 15.3 Å². The fourth-order valence-corrected chi connectivity index (χ4v) is 2.31. The number of hydrogen-bond donors (Lipinski definition) is 1. The first-order valence-corrected chi connectivity index (χ1v) is 5.25. The Balaban J connectivity index is 0.000000336. The molecular formula is C10H22N2. The van der Waals surface area contributed by atoms with Gasteiger partial charge in [-0.2, -0.15) is 0 Å². The van der Waals surface area contributed by atoms with Gasteiger partial charge in [0.05, 0.1) is 0 Å². The maximum atomic E-state index is 3.45. The molecule has 0 radical (unpaired) electrons. The summed E-state index contributed by atoms with van der Waals surface area (Å²) in [6.07, 6.45) is 1.40. The van der Waals surface area contributed by atoms with Crippen molar-refractivity contribution in [3.63, 3.8) is 0 Å². The molecule has 0 saturated carbocycles. The van der Waals surface area contributed by atoms with Gasteiger partial charge in [-0.25, -0.2) is 0 Å². The summed E-state index contributed by atoms with van der Waals surface area (Å²) in [6, 6.07) is 0. The molecule has 2 aliphatic rings. The average molecular weight is 170 g/mol. The molecule has 0 aromatic carbocycles. The second-order valence-corrected chi connectivity index (χ2v) is 3.73. The summed E-state index contributed by atoms with van der Waals surface area (Å²) in [5, 5.41) is 3.45. The number of rotatable bonds is 0. The molecule has 0 bridgehead atoms. The van der Waals surface area contributed by atoms with E-state index in [9.17, 15) is 0 Å². The van der Waals surface area contributed by atoms with E-state index in [2.05, 4.69) is 17.3 Å². The van der Waals surface area contributed by atoms with Gasteiger partial charge in [0.2, 0.25) is 0 Å². The molecule has 1 N–H and O–H groups in total. The van der Waals surface area contributed by atoms with Gasteiger partial charge < -0.3 is 10.2 Å². The van der Waals surface area contributed by atoms with Crippen LogP contribution in [0, 0.1) is 11.8 Å². The zero-order valence-corrected chi connectivity index (χ0v) is 8.64. The SMILES string of the molecule is CC.CN1CC2CCNCC2C1. The third kappa shape index (κ3) is 2.20. The van der Waals surface area contributed by atoms with Crippen molar-refractivity contribution in [1.82, 2.24) is 10.2 Å². The van der Waals surface area contributed by atoms with Crippen LogP contribution >= 0.6 is 0 Å². The molecule has 2 nitrogen and oxygen atoms in total. The van der Waals surface area contributed by atoms with Crippen molar-refractivity contribution >= 4 is 0 Å². The average Bonchev–Trinajstić information content (AvgIpc) is 2.48. The predicted molar refractivity (Wildman–Crippen MR) is 53.3 cm³/mol. The van der Waals surface area contributed by atoms with E-state index in [1.165, 1.54) is 32.6 Å². The summed E-state index contributed by atoms with van der Waals surface area (Å²) in [7, 11) is 2.23. The van der Waals surface area contributed by atoms with E-state index in [4.69, 9.17) is 0 Å². The van der Waals surface area contributed by atoms with Crippen LogP contribution in [0.3, 0.4) is 0 Å². The van der Waals surface area contributed by atoms with Gasteiger partial charge in [0.25, 0.3) is 0 Å². The molecule has 2 heteroatoms. The quantitative estimate of drug-likeness (QED) is 0.587. The molecule has 2 rings (SSSR count). The standard InChI is InChI=1S/C8H16N2.C2H6/c1-10-5-7-2-3-9-4-8(7)6-10;1-2/h7-9H,2-6H2,1H3;1-2H3. The van der Waals surface area contributed by atoms with Gasteiger partial charge in [-0.1, -0.05) is 13.8 Å². The molecule has 2 aliphatic heterocycles. The van der Waals surface area contributed by atoms with Crippen molar-refractivity contribution in [1.29, 1.82) is 0 Å². The van der Waals surface area contributed by atoms with Crippen LogP contribution in [-0.4, -0.2) is 38.1 Å². The smallest absolute Gasteiger partial charge is 0.00220 e. The molecule has 0 spiro atoms. The molecule has 2 atom stereocenters. The fraction of sp³-hybridized carbons (Fsp3) is 1.00. The molecule has 2 heterocycles. The van der Waals surface area contributed by atoms with Crippen molar-refractivity contribution in [2.45, 2.75) is 20.3 Å². The highest BCUT2D eigenvalue weighted by Gasteiger charge is 2.31. The Hall–Kier alpha value is -0.0800. The normalized spacial score (nSPS) is 35.2. The van der Waals surface area contributed by atoms with Crippen molar-refractivity contribution in [2.24, 2.45) is 11.8 Å². The lowest BCUT2D eigenvalue weighted by Gasteiger charge is -2.24. The Labute approximate surface area is 76.3 Å². The van der Waals surface area contributed by atoms with Crippen LogP contribution in [0.4, 0.5) is 0 Å². The van der Waals surface area contributed by atoms with Gasteiger partial charge >= 0.3 is 0 Å². The minimum atomic E-state index is 0.957. The molecular weight excluding hydrogens is 148 g/mol. The van der Waals surface area contributed by atoms with E-state index in [0.717, 1.165) is 11.8 Å². The molecule has 2 unspecified atom stereocenters. The van der Waals surface area contributed by atoms with Crippen molar-refractivity contribution in [2.75, 3.05) is 33.2 Å². The van der Waals surface area contributed by atoms with E-state index >= 15 is 0 Å². The Morgan fingerprint density at radius 3 is 2.50 bits per heavy atom. The van der Waals surface area contributed by atoms with Gasteiger partial charge in [0.15, 0.2) is 0 Å². The Bertz CT molecular complexity index is 111. The van der Waals surface area contributed by atoms with Crippen LogP contribution in [0.25, 0.3) is 0 Å². The monoisotopic (exact) mass is 170 g/mol. The predicted octanol–water partition coefficient (Wildman–Crippen LogP) is 1.18.